The van der Waals surface area contributed by atoms with Crippen LogP contribution in [0.3, 0.4) is 0 Å². The highest BCUT2D eigenvalue weighted by molar-refractivity contribution is 5.93. The summed E-state index contributed by atoms with van der Waals surface area (Å²) in [6.45, 7) is 6.83. The smallest absolute Gasteiger partial charge is 0.322 e. The molecule has 3 rings (SSSR count). The topological polar surface area (TPSA) is 57.6 Å². The quantitative estimate of drug-likeness (QED) is 0.505. The van der Waals surface area contributed by atoms with Gasteiger partial charge in [-0.2, -0.15) is 0 Å². The van der Waals surface area contributed by atoms with Crippen LogP contribution >= 0.6 is 0 Å². The van der Waals surface area contributed by atoms with Crippen molar-refractivity contribution in [1.82, 2.24) is 14.4 Å². The molecule has 0 bridgehead atoms. The lowest BCUT2D eigenvalue weighted by Gasteiger charge is -2.28. The average Bonchev–Trinajstić information content (AvgIpc) is 3.19. The Balaban J connectivity index is 1.76. The molecule has 166 valence electrons. The Kier molecular flexibility index (Phi) is 7.86. The van der Waals surface area contributed by atoms with E-state index in [2.05, 4.69) is 11.9 Å². The summed E-state index contributed by atoms with van der Waals surface area (Å²) in [7, 11) is 1.96. The molecule has 6 nitrogen and oxygen atoms in total. The molecule has 1 aromatic heterocycles. The summed E-state index contributed by atoms with van der Waals surface area (Å²) < 4.78 is 2.00. The van der Waals surface area contributed by atoms with Crippen molar-refractivity contribution in [1.29, 1.82) is 0 Å². The molecule has 1 heterocycles. The highest BCUT2D eigenvalue weighted by atomic mass is 16.2. The van der Waals surface area contributed by atoms with Gasteiger partial charge in [0.1, 0.15) is 6.54 Å². The van der Waals surface area contributed by atoms with Gasteiger partial charge in [0, 0.05) is 37.7 Å². The van der Waals surface area contributed by atoms with Crippen LogP contribution in [0.15, 0.2) is 85.6 Å². The predicted octanol–water partition coefficient (Wildman–Crippen LogP) is 4.58. The lowest BCUT2D eigenvalue weighted by Crippen LogP contribution is -2.44. The van der Waals surface area contributed by atoms with Crippen LogP contribution in [0.25, 0.3) is 0 Å². The number of carbonyl (C=O) groups is 2. The molecule has 0 aliphatic rings. The number of hydrogen-bond donors (Lipinski definition) is 1. The van der Waals surface area contributed by atoms with Gasteiger partial charge in [-0.15, -0.1) is 6.58 Å². The lowest BCUT2D eigenvalue weighted by atomic mass is 10.2. The number of para-hydroxylation sites is 1. The predicted molar refractivity (Wildman–Crippen MR) is 128 cm³/mol. The monoisotopic (exact) mass is 430 g/mol. The molecular weight excluding hydrogens is 400 g/mol. The first-order valence-corrected chi connectivity index (χ1v) is 10.6. The van der Waals surface area contributed by atoms with E-state index in [1.807, 2.05) is 91.5 Å². The number of rotatable bonds is 9. The SMILES string of the molecule is C=CCN(CC(=O)N(Cc1ccccc1)Cc1cccn1C)C(=O)Nc1ccccc1C. The second-order valence-corrected chi connectivity index (χ2v) is 7.76. The Morgan fingerprint density at radius 1 is 0.969 bits per heavy atom. The fourth-order valence-electron chi connectivity index (χ4n) is 3.44. The molecule has 3 amide bonds. The number of benzene rings is 2. The van der Waals surface area contributed by atoms with E-state index in [0.717, 1.165) is 22.5 Å². The number of urea groups is 1. The third-order valence-corrected chi connectivity index (χ3v) is 5.32. The van der Waals surface area contributed by atoms with E-state index in [1.54, 1.807) is 11.0 Å². The zero-order valence-electron chi connectivity index (χ0n) is 18.7. The van der Waals surface area contributed by atoms with Crippen LogP contribution in [0.1, 0.15) is 16.8 Å². The molecule has 1 N–H and O–H groups in total. The molecule has 0 saturated heterocycles. The molecule has 6 heteroatoms. The van der Waals surface area contributed by atoms with Gasteiger partial charge in [-0.1, -0.05) is 54.6 Å². The van der Waals surface area contributed by atoms with Gasteiger partial charge in [0.2, 0.25) is 5.91 Å². The third-order valence-electron chi connectivity index (χ3n) is 5.32. The first-order valence-electron chi connectivity index (χ1n) is 10.6. The van der Waals surface area contributed by atoms with Crippen molar-refractivity contribution in [2.24, 2.45) is 7.05 Å². The summed E-state index contributed by atoms with van der Waals surface area (Å²) in [5.41, 5.74) is 3.74. The summed E-state index contributed by atoms with van der Waals surface area (Å²) in [5.74, 6) is -0.128. The molecule has 0 spiro atoms. The largest absolute Gasteiger partial charge is 0.353 e. The maximum Gasteiger partial charge on any atom is 0.322 e. The van der Waals surface area contributed by atoms with Crippen LogP contribution in [-0.4, -0.2) is 39.4 Å². The molecule has 0 unspecified atom stereocenters. The van der Waals surface area contributed by atoms with Crippen molar-refractivity contribution in [2.45, 2.75) is 20.0 Å². The van der Waals surface area contributed by atoms with Crippen molar-refractivity contribution < 1.29 is 9.59 Å². The normalized spacial score (nSPS) is 10.4. The lowest BCUT2D eigenvalue weighted by molar-refractivity contribution is -0.133. The van der Waals surface area contributed by atoms with Crippen molar-refractivity contribution in [3.05, 3.63) is 102 Å². The first-order chi connectivity index (χ1) is 15.5. The zero-order valence-corrected chi connectivity index (χ0v) is 18.7. The number of carbonyl (C=O) groups excluding carboxylic acids is 2. The molecule has 0 aliphatic carbocycles. The van der Waals surface area contributed by atoms with E-state index in [-0.39, 0.29) is 25.0 Å². The number of aryl methyl sites for hydroxylation is 2. The molecule has 2 aromatic carbocycles. The van der Waals surface area contributed by atoms with Gasteiger partial charge in [-0.3, -0.25) is 4.79 Å². The third kappa shape index (κ3) is 6.11. The number of nitrogens with one attached hydrogen (secondary N) is 1. The minimum atomic E-state index is -0.328. The van der Waals surface area contributed by atoms with Crippen molar-refractivity contribution in [3.63, 3.8) is 0 Å². The Labute approximate surface area is 189 Å². The standard InChI is InChI=1S/C26H30N4O2/c1-4-16-29(26(32)27-24-15-9-8-11-21(24)2)20-25(31)30(18-22-12-6-5-7-13-22)19-23-14-10-17-28(23)3/h4-15,17H,1,16,18-20H2,2-3H3,(H,27,32). The summed E-state index contributed by atoms with van der Waals surface area (Å²) in [6, 6.07) is 21.1. The zero-order chi connectivity index (χ0) is 22.9. The number of amides is 3. The number of aromatic nitrogens is 1. The highest BCUT2D eigenvalue weighted by Crippen LogP contribution is 2.15. The minimum Gasteiger partial charge on any atom is -0.353 e. The molecule has 0 saturated carbocycles. The highest BCUT2D eigenvalue weighted by Gasteiger charge is 2.22. The van der Waals surface area contributed by atoms with Gasteiger partial charge in [0.05, 0.1) is 6.54 Å². The van der Waals surface area contributed by atoms with Crippen LogP contribution in [-0.2, 0) is 24.9 Å². The van der Waals surface area contributed by atoms with E-state index in [9.17, 15) is 9.59 Å². The number of anilines is 1. The van der Waals surface area contributed by atoms with Crippen LogP contribution in [0.4, 0.5) is 10.5 Å². The molecule has 32 heavy (non-hydrogen) atoms. The molecule has 0 aliphatic heterocycles. The van der Waals surface area contributed by atoms with E-state index in [0.29, 0.717) is 13.1 Å². The van der Waals surface area contributed by atoms with Crippen LogP contribution in [0.2, 0.25) is 0 Å². The van der Waals surface area contributed by atoms with E-state index < -0.39 is 0 Å². The molecule has 0 atom stereocenters. The number of hydrogen-bond acceptors (Lipinski definition) is 2. The fourth-order valence-corrected chi connectivity index (χ4v) is 3.44. The van der Waals surface area contributed by atoms with Gasteiger partial charge in [-0.25, -0.2) is 4.79 Å². The van der Waals surface area contributed by atoms with Gasteiger partial charge in [0.15, 0.2) is 0 Å². The van der Waals surface area contributed by atoms with Gasteiger partial charge in [0.25, 0.3) is 0 Å². The van der Waals surface area contributed by atoms with Crippen molar-refractivity contribution in [2.75, 3.05) is 18.4 Å². The van der Waals surface area contributed by atoms with Gasteiger partial charge in [-0.05, 0) is 36.2 Å². The molecule has 0 radical (unpaired) electrons. The molecular formula is C26H30N4O2. The fraction of sp³-hybridized carbons (Fsp3) is 0.231. The summed E-state index contributed by atoms with van der Waals surface area (Å²) >= 11 is 0. The van der Waals surface area contributed by atoms with Crippen LogP contribution in [0, 0.1) is 6.92 Å². The Morgan fingerprint density at radius 2 is 1.69 bits per heavy atom. The minimum absolute atomic E-state index is 0.0407. The second-order valence-electron chi connectivity index (χ2n) is 7.76. The summed E-state index contributed by atoms with van der Waals surface area (Å²) in [4.78, 5) is 29.5. The average molecular weight is 431 g/mol. The Morgan fingerprint density at radius 3 is 2.34 bits per heavy atom. The molecule has 3 aromatic rings. The number of nitrogens with zero attached hydrogens (tertiary/aromatic N) is 3. The van der Waals surface area contributed by atoms with E-state index in [1.165, 1.54) is 4.90 Å². The van der Waals surface area contributed by atoms with Gasteiger partial charge >= 0.3 is 6.03 Å². The maximum absolute atomic E-state index is 13.4. The van der Waals surface area contributed by atoms with E-state index in [4.69, 9.17) is 0 Å². The van der Waals surface area contributed by atoms with Crippen molar-refractivity contribution >= 4 is 17.6 Å². The first kappa shape index (κ1) is 22.9. The maximum atomic E-state index is 13.4. The van der Waals surface area contributed by atoms with Crippen molar-refractivity contribution in [3.8, 4) is 0 Å². The van der Waals surface area contributed by atoms with Crippen LogP contribution < -0.4 is 5.32 Å². The molecule has 0 fully saturated rings. The van der Waals surface area contributed by atoms with E-state index >= 15 is 0 Å². The second kappa shape index (κ2) is 11.0. The Hall–Kier alpha value is -3.80. The summed E-state index contributed by atoms with van der Waals surface area (Å²) in [6.07, 6.45) is 3.59. The summed E-state index contributed by atoms with van der Waals surface area (Å²) in [5, 5.41) is 2.91. The Bertz CT molecular complexity index is 1060. The van der Waals surface area contributed by atoms with Crippen LogP contribution in [0.5, 0.6) is 0 Å². The van der Waals surface area contributed by atoms with Gasteiger partial charge < -0.3 is 19.7 Å².